The fraction of sp³-hybridized carbons (Fsp3) is 0.0952. The van der Waals surface area contributed by atoms with Gasteiger partial charge in [0, 0.05) is 28.7 Å². The van der Waals surface area contributed by atoms with E-state index in [1.807, 2.05) is 42.5 Å². The third-order valence-electron chi connectivity index (χ3n) is 4.47. The van der Waals surface area contributed by atoms with E-state index in [0.717, 1.165) is 33.2 Å². The smallest absolute Gasteiger partial charge is 0.240 e. The molecule has 0 aliphatic carbocycles. The summed E-state index contributed by atoms with van der Waals surface area (Å²) in [7, 11) is -3.48. The Morgan fingerprint density at radius 2 is 1.64 bits per heavy atom. The maximum Gasteiger partial charge on any atom is 0.240 e. The Hall–Kier alpha value is -3.16. The molecule has 1 aromatic heterocycles. The Labute approximate surface area is 163 Å². The molecule has 0 bridgehead atoms. The Morgan fingerprint density at radius 3 is 2.39 bits per heavy atom. The van der Waals surface area contributed by atoms with E-state index >= 15 is 0 Å². The Morgan fingerprint density at radius 1 is 0.929 bits per heavy atom. The zero-order chi connectivity index (χ0) is 19.7. The number of nitrogens with zero attached hydrogens (tertiary/aromatic N) is 1. The van der Waals surface area contributed by atoms with Crippen LogP contribution in [-0.2, 0) is 10.0 Å². The lowest BCUT2D eigenvalue weighted by Gasteiger charge is -2.14. The molecule has 0 aliphatic heterocycles. The van der Waals surface area contributed by atoms with Crippen LogP contribution >= 0.6 is 0 Å². The van der Waals surface area contributed by atoms with Crippen molar-refractivity contribution in [3.8, 4) is 0 Å². The molecule has 0 amide bonds. The van der Waals surface area contributed by atoms with Crippen LogP contribution in [0.25, 0.3) is 21.8 Å². The quantitative estimate of drug-likeness (QED) is 0.352. The van der Waals surface area contributed by atoms with Gasteiger partial charge in [0.2, 0.25) is 10.0 Å². The van der Waals surface area contributed by atoms with E-state index in [4.69, 9.17) is 10.7 Å². The van der Waals surface area contributed by atoms with Crippen LogP contribution in [-0.4, -0.2) is 19.9 Å². The van der Waals surface area contributed by atoms with Crippen LogP contribution in [0.4, 0.5) is 17.1 Å². The molecule has 142 valence electrons. The highest BCUT2D eigenvalue weighted by atomic mass is 32.2. The van der Waals surface area contributed by atoms with Crippen molar-refractivity contribution in [1.82, 2.24) is 9.71 Å². The summed E-state index contributed by atoms with van der Waals surface area (Å²) in [5.41, 5.74) is 9.92. The molecular formula is C21H20N4O2S. The van der Waals surface area contributed by atoms with Gasteiger partial charge >= 0.3 is 0 Å². The van der Waals surface area contributed by atoms with Crippen molar-refractivity contribution in [2.24, 2.45) is 0 Å². The zero-order valence-corrected chi connectivity index (χ0v) is 16.1. The maximum absolute atomic E-state index is 12.1. The third kappa shape index (κ3) is 3.37. The molecule has 0 saturated carbocycles. The minimum Gasteiger partial charge on any atom is -0.399 e. The van der Waals surface area contributed by atoms with Crippen LogP contribution in [0, 0.1) is 0 Å². The Balaban J connectivity index is 1.80. The molecule has 3 aromatic carbocycles. The van der Waals surface area contributed by atoms with Crippen molar-refractivity contribution >= 4 is 48.9 Å². The number of hydrogen-bond donors (Lipinski definition) is 3. The van der Waals surface area contributed by atoms with Crippen LogP contribution in [0.3, 0.4) is 0 Å². The average molecular weight is 392 g/mol. The molecular weight excluding hydrogens is 372 g/mol. The molecule has 0 unspecified atom stereocenters. The highest BCUT2D eigenvalue weighted by molar-refractivity contribution is 7.89. The van der Waals surface area contributed by atoms with Crippen molar-refractivity contribution in [3.63, 3.8) is 0 Å². The average Bonchev–Trinajstić information content (AvgIpc) is 2.68. The van der Waals surface area contributed by atoms with Gasteiger partial charge in [-0.2, -0.15) is 0 Å². The number of nitrogens with two attached hydrogens (primary N) is 1. The van der Waals surface area contributed by atoms with Gasteiger partial charge in [-0.15, -0.1) is 0 Å². The number of anilines is 3. The number of hydrogen-bond acceptors (Lipinski definition) is 5. The highest BCUT2D eigenvalue weighted by Gasteiger charge is 2.13. The predicted molar refractivity (Wildman–Crippen MR) is 114 cm³/mol. The van der Waals surface area contributed by atoms with Gasteiger partial charge in [0.15, 0.2) is 0 Å². The normalized spacial score (nSPS) is 11.8. The summed E-state index contributed by atoms with van der Waals surface area (Å²) in [4.78, 5) is 4.93. The standard InChI is InChI=1S/C21H20N4O2S/c1-2-23-28(26,27)16-10-8-15(9-11-16)24-21-17-5-3-4-6-19(17)25-20-13-14(22)7-12-18(20)21/h3-13,23H,2,22H2,1H3,(H,24,25). The molecule has 0 radical (unpaired) electrons. The van der Waals surface area contributed by atoms with Crippen molar-refractivity contribution in [3.05, 3.63) is 66.7 Å². The predicted octanol–water partition coefficient (Wildman–Crippen LogP) is 4.01. The minimum absolute atomic E-state index is 0.233. The summed E-state index contributed by atoms with van der Waals surface area (Å²) in [6, 6.07) is 20.2. The van der Waals surface area contributed by atoms with E-state index in [-0.39, 0.29) is 4.90 Å². The summed E-state index contributed by atoms with van der Waals surface area (Å²) in [6.07, 6.45) is 0. The molecule has 28 heavy (non-hydrogen) atoms. The number of fused-ring (bicyclic) bond motifs is 2. The second-order valence-electron chi connectivity index (χ2n) is 6.43. The Bertz CT molecular complexity index is 1270. The van der Waals surface area contributed by atoms with E-state index < -0.39 is 10.0 Å². The van der Waals surface area contributed by atoms with E-state index in [1.165, 1.54) is 0 Å². The first-order valence-corrected chi connectivity index (χ1v) is 10.4. The van der Waals surface area contributed by atoms with Gasteiger partial charge in [0.1, 0.15) is 0 Å². The van der Waals surface area contributed by atoms with Crippen molar-refractivity contribution < 1.29 is 8.42 Å². The van der Waals surface area contributed by atoms with Crippen molar-refractivity contribution in [2.75, 3.05) is 17.6 Å². The first kappa shape index (κ1) is 18.2. The molecule has 7 heteroatoms. The third-order valence-corrected chi connectivity index (χ3v) is 6.04. The number of nitrogen functional groups attached to an aromatic ring is 1. The fourth-order valence-electron chi connectivity index (χ4n) is 3.18. The van der Waals surface area contributed by atoms with Gasteiger partial charge in [-0.25, -0.2) is 18.1 Å². The van der Waals surface area contributed by atoms with E-state index in [1.54, 1.807) is 31.2 Å². The first-order valence-electron chi connectivity index (χ1n) is 8.92. The van der Waals surface area contributed by atoms with Gasteiger partial charge in [-0.3, -0.25) is 0 Å². The van der Waals surface area contributed by atoms with Crippen molar-refractivity contribution in [1.29, 1.82) is 0 Å². The van der Waals surface area contributed by atoms with E-state index in [0.29, 0.717) is 12.2 Å². The lowest BCUT2D eigenvalue weighted by Crippen LogP contribution is -2.22. The SMILES string of the molecule is CCNS(=O)(=O)c1ccc(Nc2c3ccccc3nc3cc(N)ccc23)cc1. The Kier molecular flexibility index (Phi) is 4.62. The number of para-hydroxylation sites is 1. The number of aromatic nitrogens is 1. The van der Waals surface area contributed by atoms with Gasteiger partial charge < -0.3 is 11.1 Å². The fourth-order valence-corrected chi connectivity index (χ4v) is 4.22. The van der Waals surface area contributed by atoms with Crippen LogP contribution in [0.1, 0.15) is 6.92 Å². The molecule has 4 N–H and O–H groups in total. The molecule has 1 heterocycles. The van der Waals surface area contributed by atoms with Crippen LogP contribution in [0.2, 0.25) is 0 Å². The molecule has 4 rings (SSSR count). The van der Waals surface area contributed by atoms with Gasteiger partial charge in [-0.05, 0) is 48.5 Å². The van der Waals surface area contributed by atoms with Crippen LogP contribution in [0.15, 0.2) is 71.6 Å². The summed E-state index contributed by atoms with van der Waals surface area (Å²) in [5.74, 6) is 0. The zero-order valence-electron chi connectivity index (χ0n) is 15.3. The second-order valence-corrected chi connectivity index (χ2v) is 8.20. The molecule has 0 fully saturated rings. The number of nitrogens with one attached hydrogen (secondary N) is 2. The lowest BCUT2D eigenvalue weighted by molar-refractivity contribution is 0.584. The highest BCUT2D eigenvalue weighted by Crippen LogP contribution is 2.34. The largest absolute Gasteiger partial charge is 0.399 e. The second kappa shape index (κ2) is 7.10. The topological polar surface area (TPSA) is 97.1 Å². The van der Waals surface area contributed by atoms with Gasteiger partial charge in [0.25, 0.3) is 0 Å². The van der Waals surface area contributed by atoms with Crippen LogP contribution < -0.4 is 15.8 Å². The minimum atomic E-state index is -3.48. The van der Waals surface area contributed by atoms with Gasteiger partial charge in [-0.1, -0.05) is 25.1 Å². The summed E-state index contributed by atoms with van der Waals surface area (Å²) in [6.45, 7) is 2.10. The molecule has 6 nitrogen and oxygen atoms in total. The summed E-state index contributed by atoms with van der Waals surface area (Å²) >= 11 is 0. The number of pyridine rings is 1. The first-order chi connectivity index (χ1) is 13.5. The van der Waals surface area contributed by atoms with E-state index in [2.05, 4.69) is 10.0 Å². The number of benzene rings is 3. The van der Waals surface area contributed by atoms with Gasteiger partial charge in [0.05, 0.1) is 21.6 Å². The number of sulfonamides is 1. The molecule has 0 aliphatic rings. The maximum atomic E-state index is 12.1. The molecule has 4 aromatic rings. The molecule has 0 saturated heterocycles. The number of rotatable bonds is 5. The summed E-state index contributed by atoms with van der Waals surface area (Å²) in [5, 5.41) is 5.34. The van der Waals surface area contributed by atoms with Crippen molar-refractivity contribution in [2.45, 2.75) is 11.8 Å². The lowest BCUT2D eigenvalue weighted by atomic mass is 10.1. The molecule has 0 atom stereocenters. The molecule has 0 spiro atoms. The summed E-state index contributed by atoms with van der Waals surface area (Å²) < 4.78 is 26.8. The van der Waals surface area contributed by atoms with Crippen LogP contribution in [0.5, 0.6) is 0 Å². The van der Waals surface area contributed by atoms with E-state index in [9.17, 15) is 8.42 Å². The monoisotopic (exact) mass is 392 g/mol.